The van der Waals surface area contributed by atoms with Crippen LogP contribution >= 0.6 is 11.8 Å². The van der Waals surface area contributed by atoms with Crippen molar-refractivity contribution in [2.24, 2.45) is 0 Å². The minimum Gasteiger partial charge on any atom is -0.468 e. The molecule has 1 unspecified atom stereocenters. The number of halogens is 3. The van der Waals surface area contributed by atoms with Gasteiger partial charge in [-0.3, -0.25) is 4.79 Å². The number of hydrogen-bond acceptors (Lipinski definition) is 4. The van der Waals surface area contributed by atoms with Crippen molar-refractivity contribution in [2.45, 2.75) is 18.5 Å². The Balaban J connectivity index is 3.50. The highest BCUT2D eigenvalue weighted by molar-refractivity contribution is 8.00. The number of rotatable bonds is 5. The van der Waals surface area contributed by atoms with E-state index in [0.29, 0.717) is 0 Å². The predicted molar refractivity (Wildman–Crippen MR) is 48.0 cm³/mol. The van der Waals surface area contributed by atoms with Crippen LogP contribution in [0.15, 0.2) is 0 Å². The monoisotopic (exact) mass is 231 g/mol. The first-order chi connectivity index (χ1) is 6.37. The molecule has 0 rings (SSSR count). The first kappa shape index (κ1) is 13.6. The molecule has 3 nitrogen and oxygen atoms in total. The summed E-state index contributed by atoms with van der Waals surface area (Å²) in [4.78, 5) is 10.8. The van der Waals surface area contributed by atoms with Crippen LogP contribution in [0.4, 0.5) is 13.2 Å². The molecule has 84 valence electrons. The van der Waals surface area contributed by atoms with Gasteiger partial charge in [-0.25, -0.2) is 0 Å². The molecular weight excluding hydrogens is 219 g/mol. The fourth-order valence-electron chi connectivity index (χ4n) is 0.702. The largest absolute Gasteiger partial charge is 0.468 e. The van der Waals surface area contributed by atoms with E-state index in [1.807, 2.05) is 0 Å². The molecule has 0 spiro atoms. The third kappa shape index (κ3) is 7.02. The number of nitrogens with one attached hydrogen (secondary N) is 1. The van der Waals surface area contributed by atoms with Crippen LogP contribution in [0.2, 0.25) is 0 Å². The lowest BCUT2D eigenvalue weighted by Crippen LogP contribution is -2.36. The van der Waals surface area contributed by atoms with Gasteiger partial charge in [0.2, 0.25) is 0 Å². The Morgan fingerprint density at radius 3 is 2.57 bits per heavy atom. The highest BCUT2D eigenvalue weighted by atomic mass is 32.2. The fraction of sp³-hybridized carbons (Fsp3) is 0.857. The highest BCUT2D eigenvalue weighted by Gasteiger charge is 2.27. The molecule has 1 atom stereocenters. The summed E-state index contributed by atoms with van der Waals surface area (Å²) >= 11 is -0.120. The number of hydrogen-bond donors (Lipinski definition) is 1. The molecule has 0 saturated carbocycles. The molecule has 1 N–H and O–H groups in total. The Kier molecular flexibility index (Phi) is 5.94. The Labute approximate surface area is 84.4 Å². The maximum Gasteiger partial charge on any atom is 0.441 e. The normalized spacial score (nSPS) is 13.8. The first-order valence-electron chi connectivity index (χ1n) is 3.88. The summed E-state index contributed by atoms with van der Waals surface area (Å²) in [5, 5.41) is 2.61. The van der Waals surface area contributed by atoms with Gasteiger partial charge in [0.1, 0.15) is 6.04 Å². The molecule has 0 bridgehead atoms. The zero-order valence-corrected chi connectivity index (χ0v) is 8.67. The molecule has 0 aliphatic carbocycles. The smallest absolute Gasteiger partial charge is 0.441 e. The zero-order chi connectivity index (χ0) is 11.2. The van der Waals surface area contributed by atoms with Crippen molar-refractivity contribution in [1.29, 1.82) is 0 Å². The van der Waals surface area contributed by atoms with Crippen LogP contribution < -0.4 is 5.32 Å². The van der Waals surface area contributed by atoms with Crippen molar-refractivity contribution in [3.05, 3.63) is 0 Å². The minimum atomic E-state index is -4.21. The van der Waals surface area contributed by atoms with Crippen molar-refractivity contribution in [3.8, 4) is 0 Å². The molecule has 0 aromatic carbocycles. The summed E-state index contributed by atoms with van der Waals surface area (Å²) in [5.74, 6) is -0.604. The van der Waals surface area contributed by atoms with Gasteiger partial charge in [-0.05, 0) is 18.7 Å². The second kappa shape index (κ2) is 6.13. The van der Waals surface area contributed by atoms with Crippen molar-refractivity contribution >= 4 is 17.7 Å². The van der Waals surface area contributed by atoms with Gasteiger partial charge in [0.05, 0.1) is 7.11 Å². The molecule has 7 heteroatoms. The number of thioether (sulfide) groups is 1. The van der Waals surface area contributed by atoms with Crippen LogP contribution in [0.1, 0.15) is 6.92 Å². The summed E-state index contributed by atoms with van der Waals surface area (Å²) in [7, 11) is 1.23. The van der Waals surface area contributed by atoms with Crippen LogP contribution in [0.3, 0.4) is 0 Å². The van der Waals surface area contributed by atoms with Gasteiger partial charge in [-0.1, -0.05) is 0 Å². The van der Waals surface area contributed by atoms with E-state index in [-0.39, 0.29) is 24.1 Å². The van der Waals surface area contributed by atoms with E-state index >= 15 is 0 Å². The van der Waals surface area contributed by atoms with Gasteiger partial charge in [0.25, 0.3) is 0 Å². The van der Waals surface area contributed by atoms with Gasteiger partial charge in [-0.15, -0.1) is 0 Å². The summed E-state index contributed by atoms with van der Waals surface area (Å²) in [5.41, 5.74) is -4.21. The Morgan fingerprint density at radius 2 is 2.14 bits per heavy atom. The lowest BCUT2D eigenvalue weighted by molar-refractivity contribution is -0.142. The van der Waals surface area contributed by atoms with E-state index in [0.717, 1.165) is 0 Å². The zero-order valence-electron chi connectivity index (χ0n) is 7.85. The van der Waals surface area contributed by atoms with Crippen LogP contribution in [-0.2, 0) is 9.53 Å². The number of carbonyl (C=O) groups is 1. The Morgan fingerprint density at radius 1 is 1.57 bits per heavy atom. The van der Waals surface area contributed by atoms with E-state index in [2.05, 4.69) is 10.1 Å². The quantitative estimate of drug-likeness (QED) is 0.573. The summed E-state index contributed by atoms with van der Waals surface area (Å²) in [6.07, 6.45) is 0. The highest BCUT2D eigenvalue weighted by Crippen LogP contribution is 2.29. The average Bonchev–Trinajstić information content (AvgIpc) is 2.09. The molecule has 0 heterocycles. The third-order valence-electron chi connectivity index (χ3n) is 1.37. The fourth-order valence-corrected chi connectivity index (χ4v) is 1.15. The van der Waals surface area contributed by atoms with Crippen molar-refractivity contribution in [2.75, 3.05) is 19.4 Å². The Hall–Kier alpha value is -0.430. The molecule has 14 heavy (non-hydrogen) atoms. The average molecular weight is 231 g/mol. The maximum atomic E-state index is 11.6. The SMILES string of the molecule is COC(=O)C(C)NCCSC(F)(F)F. The van der Waals surface area contributed by atoms with E-state index < -0.39 is 17.5 Å². The van der Waals surface area contributed by atoms with Gasteiger partial charge in [-0.2, -0.15) is 13.2 Å². The number of methoxy groups -OCH3 is 1. The van der Waals surface area contributed by atoms with Crippen molar-refractivity contribution in [1.82, 2.24) is 5.32 Å². The molecule has 0 aliphatic rings. The molecule has 0 fully saturated rings. The second-order valence-electron chi connectivity index (χ2n) is 2.49. The van der Waals surface area contributed by atoms with Gasteiger partial charge in [0.15, 0.2) is 0 Å². The van der Waals surface area contributed by atoms with E-state index in [1.165, 1.54) is 14.0 Å². The Bertz CT molecular complexity index is 186. The number of alkyl halides is 3. The summed E-state index contributed by atoms with van der Waals surface area (Å²) < 4.78 is 39.3. The first-order valence-corrected chi connectivity index (χ1v) is 4.87. The molecule has 0 aromatic heterocycles. The van der Waals surface area contributed by atoms with Gasteiger partial charge >= 0.3 is 11.5 Å². The molecule has 0 aromatic rings. The summed E-state index contributed by atoms with van der Waals surface area (Å²) in [6.45, 7) is 1.64. The maximum absolute atomic E-state index is 11.6. The minimum absolute atomic E-state index is 0.112. The standard InChI is InChI=1S/C7H12F3NO2S/c1-5(6(12)13-2)11-3-4-14-7(8,9)10/h5,11H,3-4H2,1-2H3. The van der Waals surface area contributed by atoms with E-state index in [4.69, 9.17) is 0 Å². The van der Waals surface area contributed by atoms with E-state index in [9.17, 15) is 18.0 Å². The van der Waals surface area contributed by atoms with Crippen LogP contribution in [0.5, 0.6) is 0 Å². The van der Waals surface area contributed by atoms with Crippen molar-refractivity contribution < 1.29 is 22.7 Å². The molecule has 0 aliphatic heterocycles. The topological polar surface area (TPSA) is 38.3 Å². The van der Waals surface area contributed by atoms with Crippen LogP contribution in [0.25, 0.3) is 0 Å². The molecule has 0 amide bonds. The molecule has 0 radical (unpaired) electrons. The number of ether oxygens (including phenoxy) is 1. The number of carbonyl (C=O) groups excluding carboxylic acids is 1. The molecular formula is C7H12F3NO2S. The lowest BCUT2D eigenvalue weighted by Gasteiger charge is -2.11. The molecule has 0 saturated heterocycles. The third-order valence-corrected chi connectivity index (χ3v) is 2.11. The van der Waals surface area contributed by atoms with Gasteiger partial charge < -0.3 is 10.1 Å². The lowest BCUT2D eigenvalue weighted by atomic mass is 10.3. The van der Waals surface area contributed by atoms with Crippen molar-refractivity contribution in [3.63, 3.8) is 0 Å². The number of esters is 1. The van der Waals surface area contributed by atoms with Crippen LogP contribution in [0, 0.1) is 0 Å². The predicted octanol–water partition coefficient (Wildman–Crippen LogP) is 1.39. The van der Waals surface area contributed by atoms with E-state index in [1.54, 1.807) is 0 Å². The van der Waals surface area contributed by atoms with Gasteiger partial charge in [0, 0.05) is 12.3 Å². The van der Waals surface area contributed by atoms with Crippen LogP contribution in [-0.4, -0.2) is 36.9 Å². The second-order valence-corrected chi connectivity index (χ2v) is 3.65. The summed E-state index contributed by atoms with van der Waals surface area (Å²) in [6, 6.07) is -0.575.